The lowest BCUT2D eigenvalue weighted by Crippen LogP contribution is -2.39. The number of terminal acetylenes is 1. The molecule has 1 aromatic heterocycles. The summed E-state index contributed by atoms with van der Waals surface area (Å²) in [4.78, 5) is 18.9. The first-order chi connectivity index (χ1) is 11.2. The average molecular weight is 310 g/mol. The largest absolute Gasteiger partial charge is 0.342 e. The number of amides is 1. The van der Waals surface area contributed by atoms with E-state index in [2.05, 4.69) is 27.2 Å². The number of likely N-dealkylation sites (tertiary alicyclic amines) is 1. The van der Waals surface area contributed by atoms with Crippen LogP contribution in [0.25, 0.3) is 0 Å². The molecule has 1 amide bonds. The fourth-order valence-electron chi connectivity index (χ4n) is 3.20. The molecule has 0 bridgehead atoms. The Hall–Kier alpha value is -2.22. The summed E-state index contributed by atoms with van der Waals surface area (Å²) in [6.07, 6.45) is 11.8. The predicted octanol–water partition coefficient (Wildman–Crippen LogP) is 3.14. The van der Waals surface area contributed by atoms with Crippen LogP contribution in [0.15, 0.2) is 34.6 Å². The second-order valence-electron chi connectivity index (χ2n) is 6.32. The van der Waals surface area contributed by atoms with Gasteiger partial charge in [0, 0.05) is 56.6 Å². The van der Waals surface area contributed by atoms with Crippen LogP contribution < -0.4 is 0 Å². The molecule has 2 aliphatic heterocycles. The Balaban J connectivity index is 1.51. The Bertz CT molecular complexity index is 614. The molecule has 0 aliphatic carbocycles. The second kappa shape index (κ2) is 6.91. The molecule has 5 nitrogen and oxygen atoms in total. The van der Waals surface area contributed by atoms with Crippen molar-refractivity contribution in [2.24, 2.45) is 10.2 Å². The van der Waals surface area contributed by atoms with Crippen molar-refractivity contribution in [3.8, 4) is 12.3 Å². The van der Waals surface area contributed by atoms with Crippen LogP contribution in [-0.2, 0) is 4.79 Å². The lowest BCUT2D eigenvalue weighted by molar-refractivity contribution is -0.132. The van der Waals surface area contributed by atoms with Crippen molar-refractivity contribution in [2.75, 3.05) is 13.1 Å². The van der Waals surface area contributed by atoms with Gasteiger partial charge < -0.3 is 4.90 Å². The van der Waals surface area contributed by atoms with Crippen molar-refractivity contribution in [3.05, 3.63) is 30.1 Å². The summed E-state index contributed by atoms with van der Waals surface area (Å²) in [7, 11) is 0. The van der Waals surface area contributed by atoms with E-state index in [1.54, 1.807) is 0 Å². The summed E-state index contributed by atoms with van der Waals surface area (Å²) in [5.41, 5.74) is 0.723. The maximum atomic E-state index is 12.5. The number of hydrogen-bond donors (Lipinski definition) is 0. The van der Waals surface area contributed by atoms with Crippen LogP contribution in [0.2, 0.25) is 0 Å². The molecule has 1 atom stereocenters. The summed E-state index contributed by atoms with van der Waals surface area (Å²) in [5, 5.41) is 8.20. The van der Waals surface area contributed by atoms with Crippen molar-refractivity contribution >= 4 is 5.91 Å². The third-order valence-electron chi connectivity index (χ3n) is 4.67. The van der Waals surface area contributed by atoms with Crippen molar-refractivity contribution in [2.45, 2.75) is 50.1 Å². The highest BCUT2D eigenvalue weighted by atomic mass is 16.2. The van der Waals surface area contributed by atoms with E-state index < -0.39 is 0 Å². The summed E-state index contributed by atoms with van der Waals surface area (Å²) in [5.74, 6) is 3.16. The van der Waals surface area contributed by atoms with E-state index in [1.807, 2.05) is 23.2 Å². The number of piperidine rings is 1. The van der Waals surface area contributed by atoms with Gasteiger partial charge in [-0.05, 0) is 25.0 Å². The zero-order valence-corrected chi connectivity index (χ0v) is 13.3. The SMILES string of the molecule is C#CCCC1(CCC(=O)N2CCCC(c3ccccn3)C2)N=N1. The highest BCUT2D eigenvalue weighted by Gasteiger charge is 2.39. The molecule has 0 N–H and O–H groups in total. The Labute approximate surface area is 137 Å². The van der Waals surface area contributed by atoms with Crippen LogP contribution in [-0.4, -0.2) is 34.5 Å². The first-order valence-corrected chi connectivity index (χ1v) is 8.29. The van der Waals surface area contributed by atoms with E-state index >= 15 is 0 Å². The number of carbonyl (C=O) groups is 1. The summed E-state index contributed by atoms with van der Waals surface area (Å²) in [6.45, 7) is 1.61. The Kier molecular flexibility index (Phi) is 4.71. The summed E-state index contributed by atoms with van der Waals surface area (Å²) >= 11 is 0. The zero-order valence-electron chi connectivity index (χ0n) is 13.3. The molecular formula is C18H22N4O. The van der Waals surface area contributed by atoms with Gasteiger partial charge in [-0.25, -0.2) is 0 Å². The number of pyridine rings is 1. The van der Waals surface area contributed by atoms with Crippen LogP contribution in [0.5, 0.6) is 0 Å². The van der Waals surface area contributed by atoms with E-state index in [0.29, 0.717) is 25.2 Å². The van der Waals surface area contributed by atoms with Crippen molar-refractivity contribution in [3.63, 3.8) is 0 Å². The van der Waals surface area contributed by atoms with Crippen LogP contribution in [0.3, 0.4) is 0 Å². The minimum Gasteiger partial charge on any atom is -0.342 e. The van der Waals surface area contributed by atoms with Gasteiger partial charge in [-0.15, -0.1) is 12.3 Å². The first-order valence-electron chi connectivity index (χ1n) is 8.29. The topological polar surface area (TPSA) is 57.9 Å². The van der Waals surface area contributed by atoms with Crippen LogP contribution in [0, 0.1) is 12.3 Å². The van der Waals surface area contributed by atoms with Crippen molar-refractivity contribution in [1.82, 2.24) is 9.88 Å². The van der Waals surface area contributed by atoms with E-state index in [0.717, 1.165) is 38.0 Å². The molecular weight excluding hydrogens is 288 g/mol. The molecule has 3 rings (SSSR count). The Morgan fingerprint density at radius 1 is 1.39 bits per heavy atom. The highest BCUT2D eigenvalue weighted by molar-refractivity contribution is 5.76. The van der Waals surface area contributed by atoms with Gasteiger partial charge in [0.25, 0.3) is 0 Å². The maximum absolute atomic E-state index is 12.5. The molecule has 120 valence electrons. The van der Waals surface area contributed by atoms with E-state index in [1.165, 1.54) is 0 Å². The van der Waals surface area contributed by atoms with Gasteiger partial charge in [-0.3, -0.25) is 9.78 Å². The van der Waals surface area contributed by atoms with Crippen molar-refractivity contribution < 1.29 is 4.79 Å². The molecule has 2 aliphatic rings. The van der Waals surface area contributed by atoms with Crippen LogP contribution in [0.1, 0.15) is 50.1 Å². The lowest BCUT2D eigenvalue weighted by Gasteiger charge is -2.32. The van der Waals surface area contributed by atoms with Gasteiger partial charge in [0.2, 0.25) is 5.91 Å². The number of rotatable bonds is 6. The monoisotopic (exact) mass is 310 g/mol. The molecule has 0 saturated carbocycles. The molecule has 1 aromatic rings. The Morgan fingerprint density at radius 2 is 2.26 bits per heavy atom. The minimum absolute atomic E-state index is 0.197. The molecule has 3 heterocycles. The molecule has 0 aromatic carbocycles. The summed E-state index contributed by atoms with van der Waals surface area (Å²) in [6, 6.07) is 5.98. The van der Waals surface area contributed by atoms with Crippen molar-refractivity contribution in [1.29, 1.82) is 0 Å². The quantitative estimate of drug-likeness (QED) is 0.758. The Morgan fingerprint density at radius 3 is 2.96 bits per heavy atom. The van der Waals surface area contributed by atoms with E-state index in [-0.39, 0.29) is 11.6 Å². The fourth-order valence-corrected chi connectivity index (χ4v) is 3.20. The number of aromatic nitrogens is 1. The van der Waals surface area contributed by atoms with Gasteiger partial charge >= 0.3 is 0 Å². The summed E-state index contributed by atoms with van der Waals surface area (Å²) < 4.78 is 0. The zero-order chi connectivity index (χ0) is 16.1. The number of hydrogen-bond acceptors (Lipinski definition) is 4. The maximum Gasteiger partial charge on any atom is 0.222 e. The van der Waals surface area contributed by atoms with Gasteiger partial charge in [0.15, 0.2) is 5.66 Å². The van der Waals surface area contributed by atoms with Gasteiger partial charge in [-0.1, -0.05) is 6.07 Å². The minimum atomic E-state index is -0.363. The number of carbonyl (C=O) groups excluding carboxylic acids is 1. The highest BCUT2D eigenvalue weighted by Crippen LogP contribution is 2.38. The average Bonchev–Trinajstić information content (AvgIpc) is 3.39. The molecule has 23 heavy (non-hydrogen) atoms. The molecule has 1 saturated heterocycles. The number of nitrogens with zero attached hydrogens (tertiary/aromatic N) is 4. The standard InChI is InChI=1S/C18H22N4O/c1-2-3-10-18(20-21-18)11-9-17(23)22-13-6-7-15(14-22)16-8-4-5-12-19-16/h1,4-5,8,12,15H,3,6-7,9-11,13-14H2. The molecule has 0 spiro atoms. The molecule has 1 unspecified atom stereocenters. The van der Waals surface area contributed by atoms with Crippen LogP contribution in [0.4, 0.5) is 0 Å². The molecule has 5 heteroatoms. The third kappa shape index (κ3) is 3.95. The fraction of sp³-hybridized carbons (Fsp3) is 0.556. The third-order valence-corrected chi connectivity index (χ3v) is 4.67. The second-order valence-corrected chi connectivity index (χ2v) is 6.32. The van der Waals surface area contributed by atoms with Crippen LogP contribution >= 0.6 is 0 Å². The van der Waals surface area contributed by atoms with Gasteiger partial charge in [0.1, 0.15) is 0 Å². The lowest BCUT2D eigenvalue weighted by atomic mass is 9.93. The molecule has 0 radical (unpaired) electrons. The molecule has 1 fully saturated rings. The van der Waals surface area contributed by atoms with E-state index in [9.17, 15) is 4.79 Å². The first kappa shape index (κ1) is 15.7. The normalized spacial score (nSPS) is 21.7. The van der Waals surface area contributed by atoms with Gasteiger partial charge in [-0.2, -0.15) is 10.2 Å². The van der Waals surface area contributed by atoms with Gasteiger partial charge in [0.05, 0.1) is 0 Å². The predicted molar refractivity (Wildman–Crippen MR) is 87.7 cm³/mol. The van der Waals surface area contributed by atoms with E-state index in [4.69, 9.17) is 6.42 Å². The smallest absolute Gasteiger partial charge is 0.222 e.